The van der Waals surface area contributed by atoms with Gasteiger partial charge < -0.3 is 14.8 Å². The van der Waals surface area contributed by atoms with Gasteiger partial charge in [-0.15, -0.1) is 0 Å². The van der Waals surface area contributed by atoms with Gasteiger partial charge >= 0.3 is 0 Å². The summed E-state index contributed by atoms with van der Waals surface area (Å²) < 4.78 is 24.4. The standard InChI is InChI=1S/C20H21FN4O3/c1-4-28-19-9-13(21)5-7-15(19)16-11-20(23-12-22-16)24-14-6-8-18(26-2)17(10-14)25-27-3/h5-12,25H,4H2,1-3H3,(H,22,23,24). The summed E-state index contributed by atoms with van der Waals surface area (Å²) in [4.78, 5) is 13.5. The van der Waals surface area contributed by atoms with Crippen LogP contribution in [0.2, 0.25) is 0 Å². The fourth-order valence-electron chi connectivity index (χ4n) is 2.68. The lowest BCUT2D eigenvalue weighted by Crippen LogP contribution is -2.01. The molecule has 0 aliphatic heterocycles. The number of benzene rings is 2. The molecule has 3 rings (SSSR count). The van der Waals surface area contributed by atoms with Crippen molar-refractivity contribution < 1.29 is 18.7 Å². The van der Waals surface area contributed by atoms with Crippen LogP contribution >= 0.6 is 0 Å². The minimum Gasteiger partial charge on any atom is -0.495 e. The molecule has 0 aliphatic rings. The zero-order valence-corrected chi connectivity index (χ0v) is 15.8. The maximum Gasteiger partial charge on any atom is 0.144 e. The second-order valence-corrected chi connectivity index (χ2v) is 5.71. The van der Waals surface area contributed by atoms with Gasteiger partial charge in [-0.2, -0.15) is 0 Å². The summed E-state index contributed by atoms with van der Waals surface area (Å²) in [5.41, 5.74) is 5.51. The Hall–Kier alpha value is -3.39. The molecule has 28 heavy (non-hydrogen) atoms. The van der Waals surface area contributed by atoms with Gasteiger partial charge in [-0.3, -0.25) is 10.3 Å². The number of rotatable bonds is 8. The molecule has 0 radical (unpaired) electrons. The predicted octanol–water partition coefficient (Wildman–Crippen LogP) is 4.41. The molecule has 3 aromatic rings. The first-order valence-corrected chi connectivity index (χ1v) is 8.63. The minimum absolute atomic E-state index is 0.365. The first-order chi connectivity index (χ1) is 13.6. The van der Waals surface area contributed by atoms with Gasteiger partial charge in [0.25, 0.3) is 0 Å². The molecular weight excluding hydrogens is 363 g/mol. The van der Waals surface area contributed by atoms with E-state index < -0.39 is 0 Å². The van der Waals surface area contributed by atoms with E-state index in [2.05, 4.69) is 20.8 Å². The van der Waals surface area contributed by atoms with E-state index in [0.717, 1.165) is 5.69 Å². The van der Waals surface area contributed by atoms with Crippen molar-refractivity contribution in [2.75, 3.05) is 31.6 Å². The zero-order valence-electron chi connectivity index (χ0n) is 15.8. The van der Waals surface area contributed by atoms with E-state index in [1.807, 2.05) is 19.1 Å². The van der Waals surface area contributed by atoms with Crippen molar-refractivity contribution >= 4 is 17.2 Å². The normalized spacial score (nSPS) is 10.4. The molecule has 0 bridgehead atoms. The van der Waals surface area contributed by atoms with Gasteiger partial charge in [-0.1, -0.05) is 0 Å². The Kier molecular flexibility index (Phi) is 6.23. The van der Waals surface area contributed by atoms with Crippen LogP contribution in [-0.4, -0.2) is 30.8 Å². The van der Waals surface area contributed by atoms with Gasteiger partial charge in [0.15, 0.2) is 0 Å². The lowest BCUT2D eigenvalue weighted by molar-refractivity contribution is 0.268. The molecule has 0 spiro atoms. The molecule has 0 amide bonds. The second kappa shape index (κ2) is 9.01. The van der Waals surface area contributed by atoms with Crippen molar-refractivity contribution in [1.29, 1.82) is 0 Å². The summed E-state index contributed by atoms with van der Waals surface area (Å²) in [5, 5.41) is 3.21. The van der Waals surface area contributed by atoms with Crippen molar-refractivity contribution in [2.45, 2.75) is 6.92 Å². The average molecular weight is 384 g/mol. The zero-order chi connectivity index (χ0) is 19.9. The van der Waals surface area contributed by atoms with Crippen LogP contribution in [0.15, 0.2) is 48.8 Å². The summed E-state index contributed by atoms with van der Waals surface area (Å²) in [7, 11) is 3.10. The third-order valence-electron chi connectivity index (χ3n) is 3.87. The van der Waals surface area contributed by atoms with Crippen molar-refractivity contribution in [3.8, 4) is 22.8 Å². The molecule has 8 heteroatoms. The lowest BCUT2D eigenvalue weighted by Gasteiger charge is -2.13. The molecule has 0 fully saturated rings. The Morgan fingerprint density at radius 1 is 1.00 bits per heavy atom. The Morgan fingerprint density at radius 2 is 1.86 bits per heavy atom. The first-order valence-electron chi connectivity index (χ1n) is 8.63. The summed E-state index contributed by atoms with van der Waals surface area (Å²) in [6, 6.07) is 11.6. The number of anilines is 3. The molecule has 1 aromatic heterocycles. The van der Waals surface area contributed by atoms with E-state index in [0.29, 0.717) is 40.9 Å². The molecule has 1 heterocycles. The van der Waals surface area contributed by atoms with E-state index in [1.54, 1.807) is 25.3 Å². The van der Waals surface area contributed by atoms with Crippen LogP contribution in [0.1, 0.15) is 6.92 Å². The fraction of sp³-hybridized carbons (Fsp3) is 0.200. The Morgan fingerprint density at radius 3 is 2.61 bits per heavy atom. The van der Waals surface area contributed by atoms with Gasteiger partial charge in [-0.05, 0) is 37.3 Å². The summed E-state index contributed by atoms with van der Waals surface area (Å²) in [5.74, 6) is 1.29. The van der Waals surface area contributed by atoms with Crippen LogP contribution in [0.5, 0.6) is 11.5 Å². The van der Waals surface area contributed by atoms with E-state index in [1.165, 1.54) is 25.6 Å². The predicted molar refractivity (Wildman–Crippen MR) is 106 cm³/mol. The van der Waals surface area contributed by atoms with E-state index in [9.17, 15) is 4.39 Å². The average Bonchev–Trinajstić information content (AvgIpc) is 2.69. The maximum atomic E-state index is 13.6. The molecule has 0 saturated heterocycles. The summed E-state index contributed by atoms with van der Waals surface area (Å²) in [6.45, 7) is 2.27. The monoisotopic (exact) mass is 384 g/mol. The Labute approximate surface area is 162 Å². The quantitative estimate of drug-likeness (QED) is 0.557. The highest BCUT2D eigenvalue weighted by molar-refractivity contribution is 5.72. The first kappa shape index (κ1) is 19.4. The number of nitrogens with zero attached hydrogens (tertiary/aromatic N) is 2. The topological polar surface area (TPSA) is 77.5 Å². The highest BCUT2D eigenvalue weighted by atomic mass is 19.1. The van der Waals surface area contributed by atoms with Crippen LogP contribution in [-0.2, 0) is 4.84 Å². The van der Waals surface area contributed by atoms with Gasteiger partial charge in [-0.25, -0.2) is 14.4 Å². The molecule has 0 saturated carbocycles. The lowest BCUT2D eigenvalue weighted by atomic mass is 10.1. The third-order valence-corrected chi connectivity index (χ3v) is 3.87. The molecular formula is C20H21FN4O3. The van der Waals surface area contributed by atoms with Gasteiger partial charge in [0.2, 0.25) is 0 Å². The van der Waals surface area contributed by atoms with E-state index in [4.69, 9.17) is 14.3 Å². The van der Waals surface area contributed by atoms with E-state index >= 15 is 0 Å². The minimum atomic E-state index is -0.365. The number of methoxy groups -OCH3 is 1. The van der Waals surface area contributed by atoms with E-state index in [-0.39, 0.29) is 5.82 Å². The van der Waals surface area contributed by atoms with Crippen molar-refractivity contribution in [2.24, 2.45) is 0 Å². The third kappa shape index (κ3) is 4.47. The van der Waals surface area contributed by atoms with Crippen molar-refractivity contribution in [1.82, 2.24) is 9.97 Å². The number of aromatic nitrogens is 2. The molecule has 0 unspecified atom stereocenters. The Balaban J connectivity index is 1.90. The summed E-state index contributed by atoms with van der Waals surface area (Å²) >= 11 is 0. The van der Waals surface area contributed by atoms with Crippen molar-refractivity contribution in [3.63, 3.8) is 0 Å². The number of hydrogen-bond acceptors (Lipinski definition) is 7. The van der Waals surface area contributed by atoms with Crippen LogP contribution in [0.25, 0.3) is 11.3 Å². The molecule has 2 aromatic carbocycles. The van der Waals surface area contributed by atoms with Gasteiger partial charge in [0.05, 0.1) is 26.5 Å². The Bertz CT molecular complexity index is 952. The fourth-order valence-corrected chi connectivity index (χ4v) is 2.68. The maximum absolute atomic E-state index is 13.6. The molecule has 0 aliphatic carbocycles. The van der Waals surface area contributed by atoms with Crippen LogP contribution in [0.4, 0.5) is 21.6 Å². The molecule has 7 nitrogen and oxygen atoms in total. The number of hydrogen-bond donors (Lipinski definition) is 2. The largest absolute Gasteiger partial charge is 0.495 e. The van der Waals surface area contributed by atoms with Crippen molar-refractivity contribution in [3.05, 3.63) is 54.6 Å². The van der Waals surface area contributed by atoms with Crippen LogP contribution in [0, 0.1) is 5.82 Å². The molecule has 2 N–H and O–H groups in total. The van der Waals surface area contributed by atoms with Gasteiger partial charge in [0, 0.05) is 23.4 Å². The molecule has 0 atom stereocenters. The number of nitrogens with one attached hydrogen (secondary N) is 2. The molecule has 146 valence electrons. The van der Waals surface area contributed by atoms with Crippen LogP contribution in [0.3, 0.4) is 0 Å². The summed E-state index contributed by atoms with van der Waals surface area (Å²) in [6.07, 6.45) is 1.44. The smallest absolute Gasteiger partial charge is 0.144 e. The SMILES string of the molecule is CCOc1cc(F)ccc1-c1cc(Nc2ccc(OC)c(NOC)c2)ncn1. The second-order valence-electron chi connectivity index (χ2n) is 5.71. The number of ether oxygens (including phenoxy) is 2. The van der Waals surface area contributed by atoms with Crippen LogP contribution < -0.4 is 20.3 Å². The highest BCUT2D eigenvalue weighted by Gasteiger charge is 2.11. The number of halogens is 1. The van der Waals surface area contributed by atoms with Gasteiger partial charge in [0.1, 0.15) is 35.1 Å². The highest BCUT2D eigenvalue weighted by Crippen LogP contribution is 2.32.